The van der Waals surface area contributed by atoms with Crippen molar-refractivity contribution in [2.75, 3.05) is 20.2 Å². The van der Waals surface area contributed by atoms with Gasteiger partial charge in [0, 0.05) is 20.2 Å². The first kappa shape index (κ1) is 10.5. The third-order valence-corrected chi connectivity index (χ3v) is 2.41. The number of methoxy groups -OCH3 is 1. The van der Waals surface area contributed by atoms with Gasteiger partial charge in [-0.3, -0.25) is 4.79 Å². The summed E-state index contributed by atoms with van der Waals surface area (Å²) in [5.74, 6) is 0.0294. The normalized spacial score (nSPS) is 25.8. The molecule has 0 aliphatic carbocycles. The number of likely N-dealkylation sites (tertiary alicyclic amines) is 1. The lowest BCUT2D eigenvalue weighted by Crippen LogP contribution is -2.48. The molecule has 2 N–H and O–H groups in total. The van der Waals surface area contributed by atoms with E-state index in [1.165, 1.54) is 0 Å². The van der Waals surface area contributed by atoms with E-state index in [-0.39, 0.29) is 12.0 Å². The molecule has 0 aromatic carbocycles. The highest BCUT2D eigenvalue weighted by atomic mass is 16.5. The maximum atomic E-state index is 11.5. The number of nitrogens with two attached hydrogens (primary N) is 1. The van der Waals surface area contributed by atoms with E-state index >= 15 is 0 Å². The molecule has 1 rings (SSSR count). The fraction of sp³-hybridized carbons (Fsp3) is 0.889. The molecule has 0 spiro atoms. The van der Waals surface area contributed by atoms with Crippen molar-refractivity contribution in [2.45, 2.75) is 31.9 Å². The van der Waals surface area contributed by atoms with Gasteiger partial charge in [0.25, 0.3) is 0 Å². The second-order valence-electron chi connectivity index (χ2n) is 3.57. The largest absolute Gasteiger partial charge is 0.380 e. The molecule has 1 aliphatic rings. The first-order chi connectivity index (χ1) is 6.15. The van der Waals surface area contributed by atoms with E-state index in [1.54, 1.807) is 18.9 Å². The Morgan fingerprint density at radius 2 is 2.38 bits per heavy atom. The molecule has 1 aliphatic heterocycles. The summed E-state index contributed by atoms with van der Waals surface area (Å²) in [5.41, 5.74) is 5.52. The molecular weight excluding hydrogens is 168 g/mol. The predicted octanol–water partition coefficient (Wildman–Crippen LogP) is -0.0290. The zero-order valence-corrected chi connectivity index (χ0v) is 8.32. The van der Waals surface area contributed by atoms with Crippen molar-refractivity contribution < 1.29 is 9.53 Å². The fourth-order valence-electron chi connectivity index (χ4n) is 1.62. The molecule has 1 fully saturated rings. The van der Waals surface area contributed by atoms with Crippen LogP contribution in [0.5, 0.6) is 0 Å². The molecule has 1 heterocycles. The highest BCUT2D eigenvalue weighted by molar-refractivity contribution is 5.81. The van der Waals surface area contributed by atoms with Crippen LogP contribution in [-0.4, -0.2) is 43.2 Å². The first-order valence-corrected chi connectivity index (χ1v) is 4.72. The molecule has 1 saturated heterocycles. The van der Waals surface area contributed by atoms with Gasteiger partial charge in [-0.15, -0.1) is 0 Å². The lowest BCUT2D eigenvalue weighted by molar-refractivity contribution is -0.135. The molecule has 4 heteroatoms. The van der Waals surface area contributed by atoms with Crippen LogP contribution in [0, 0.1) is 0 Å². The second kappa shape index (κ2) is 4.58. The molecule has 0 unspecified atom stereocenters. The minimum Gasteiger partial charge on any atom is -0.380 e. The van der Waals surface area contributed by atoms with Gasteiger partial charge in [0.15, 0.2) is 0 Å². The zero-order valence-electron chi connectivity index (χ0n) is 8.32. The van der Waals surface area contributed by atoms with Crippen molar-refractivity contribution >= 4 is 5.91 Å². The number of hydrogen-bond donors (Lipinski definition) is 1. The summed E-state index contributed by atoms with van der Waals surface area (Å²) in [6.07, 6.45) is 2.24. The van der Waals surface area contributed by atoms with Gasteiger partial charge < -0.3 is 15.4 Å². The fourth-order valence-corrected chi connectivity index (χ4v) is 1.62. The van der Waals surface area contributed by atoms with E-state index in [2.05, 4.69) is 0 Å². The van der Waals surface area contributed by atoms with E-state index in [1.807, 2.05) is 0 Å². The van der Waals surface area contributed by atoms with Crippen molar-refractivity contribution in [1.82, 2.24) is 4.90 Å². The van der Waals surface area contributed by atoms with Crippen molar-refractivity contribution in [3.63, 3.8) is 0 Å². The van der Waals surface area contributed by atoms with Crippen LogP contribution in [0.2, 0.25) is 0 Å². The van der Waals surface area contributed by atoms with Gasteiger partial charge in [-0.25, -0.2) is 0 Å². The van der Waals surface area contributed by atoms with Gasteiger partial charge in [0.05, 0.1) is 12.1 Å². The molecule has 1 amide bonds. The number of carbonyl (C=O) groups excluding carboxylic acids is 1. The molecule has 76 valence electrons. The van der Waals surface area contributed by atoms with Gasteiger partial charge in [-0.05, 0) is 19.8 Å². The van der Waals surface area contributed by atoms with E-state index in [9.17, 15) is 4.79 Å². The van der Waals surface area contributed by atoms with Crippen LogP contribution >= 0.6 is 0 Å². The van der Waals surface area contributed by atoms with Gasteiger partial charge in [0.2, 0.25) is 5.91 Å². The number of hydrogen-bond acceptors (Lipinski definition) is 3. The molecule has 0 saturated carbocycles. The summed E-state index contributed by atoms with van der Waals surface area (Å²) in [4.78, 5) is 13.3. The molecule has 2 atom stereocenters. The summed E-state index contributed by atoms with van der Waals surface area (Å²) in [5, 5.41) is 0. The van der Waals surface area contributed by atoms with Crippen LogP contribution in [0.1, 0.15) is 19.8 Å². The summed E-state index contributed by atoms with van der Waals surface area (Å²) < 4.78 is 5.22. The smallest absolute Gasteiger partial charge is 0.239 e. The first-order valence-electron chi connectivity index (χ1n) is 4.72. The van der Waals surface area contributed by atoms with Gasteiger partial charge in [-0.1, -0.05) is 0 Å². The standard InChI is InChI=1S/C9H18N2O2/c1-7(10)9(12)11-5-3-4-8(6-11)13-2/h7-8H,3-6,10H2,1-2H3/t7-,8-/m0/s1. The Bertz CT molecular complexity index is 182. The van der Waals surface area contributed by atoms with Crippen molar-refractivity contribution in [2.24, 2.45) is 5.73 Å². The van der Waals surface area contributed by atoms with Crippen LogP contribution in [0.4, 0.5) is 0 Å². The zero-order chi connectivity index (χ0) is 9.84. The monoisotopic (exact) mass is 186 g/mol. The molecule has 4 nitrogen and oxygen atoms in total. The van der Waals surface area contributed by atoms with Crippen molar-refractivity contribution in [3.05, 3.63) is 0 Å². The number of rotatable bonds is 2. The SMILES string of the molecule is CO[C@H]1CCCN(C(=O)[C@H](C)N)C1. The van der Waals surface area contributed by atoms with E-state index < -0.39 is 6.04 Å². The van der Waals surface area contributed by atoms with Crippen LogP contribution in [0.3, 0.4) is 0 Å². The Morgan fingerprint density at radius 1 is 1.69 bits per heavy atom. The van der Waals surface area contributed by atoms with Crippen molar-refractivity contribution in [3.8, 4) is 0 Å². The Kier molecular flexibility index (Phi) is 3.69. The minimum atomic E-state index is -0.393. The van der Waals surface area contributed by atoms with E-state index in [4.69, 9.17) is 10.5 Å². The number of amides is 1. The lowest BCUT2D eigenvalue weighted by Gasteiger charge is -2.32. The van der Waals surface area contributed by atoms with E-state index in [0.29, 0.717) is 6.54 Å². The lowest BCUT2D eigenvalue weighted by atomic mass is 10.1. The number of piperidine rings is 1. The van der Waals surface area contributed by atoms with E-state index in [0.717, 1.165) is 19.4 Å². The molecule has 0 aromatic heterocycles. The Labute approximate surface area is 79.0 Å². The van der Waals surface area contributed by atoms with Crippen LogP contribution in [0.25, 0.3) is 0 Å². The quantitative estimate of drug-likeness (QED) is 0.659. The van der Waals surface area contributed by atoms with Gasteiger partial charge >= 0.3 is 0 Å². The highest BCUT2D eigenvalue weighted by Crippen LogP contribution is 2.12. The summed E-state index contributed by atoms with van der Waals surface area (Å²) in [6, 6.07) is -0.393. The van der Waals surface area contributed by atoms with Gasteiger partial charge in [-0.2, -0.15) is 0 Å². The number of carbonyl (C=O) groups is 1. The molecule has 0 bridgehead atoms. The Morgan fingerprint density at radius 3 is 2.92 bits per heavy atom. The number of nitrogens with zero attached hydrogens (tertiary/aromatic N) is 1. The van der Waals surface area contributed by atoms with Crippen LogP contribution in [0.15, 0.2) is 0 Å². The number of ether oxygens (including phenoxy) is 1. The Balaban J connectivity index is 2.46. The van der Waals surface area contributed by atoms with Crippen molar-refractivity contribution in [1.29, 1.82) is 0 Å². The summed E-state index contributed by atoms with van der Waals surface area (Å²) in [7, 11) is 1.69. The van der Waals surface area contributed by atoms with Crippen LogP contribution < -0.4 is 5.73 Å². The average molecular weight is 186 g/mol. The highest BCUT2D eigenvalue weighted by Gasteiger charge is 2.24. The average Bonchev–Trinajstić information content (AvgIpc) is 2.16. The summed E-state index contributed by atoms with van der Waals surface area (Å²) >= 11 is 0. The van der Waals surface area contributed by atoms with Crippen LogP contribution in [-0.2, 0) is 9.53 Å². The molecule has 0 radical (unpaired) electrons. The Hall–Kier alpha value is -0.610. The molecule has 0 aromatic rings. The van der Waals surface area contributed by atoms with Gasteiger partial charge in [0.1, 0.15) is 0 Å². The molecule has 13 heavy (non-hydrogen) atoms. The topological polar surface area (TPSA) is 55.6 Å². The predicted molar refractivity (Wildman–Crippen MR) is 50.3 cm³/mol. The third-order valence-electron chi connectivity index (χ3n) is 2.41. The molecular formula is C9H18N2O2. The second-order valence-corrected chi connectivity index (χ2v) is 3.57. The third kappa shape index (κ3) is 2.67. The minimum absolute atomic E-state index is 0.0294. The maximum absolute atomic E-state index is 11.5. The summed E-state index contributed by atoms with van der Waals surface area (Å²) in [6.45, 7) is 3.23. The maximum Gasteiger partial charge on any atom is 0.239 e.